The minimum atomic E-state index is -0.878. The molecule has 1 aromatic rings. The molecule has 0 unspecified atom stereocenters. The van der Waals surface area contributed by atoms with Gasteiger partial charge in [0.25, 0.3) is 0 Å². The van der Waals surface area contributed by atoms with Crippen molar-refractivity contribution in [3.63, 3.8) is 0 Å². The Bertz CT molecular complexity index is 514. The third-order valence-electron chi connectivity index (χ3n) is 2.57. The quantitative estimate of drug-likeness (QED) is 0.672. The highest BCUT2D eigenvalue weighted by atomic mass is 35.5. The zero-order valence-electron chi connectivity index (χ0n) is 11.3. The molecule has 21 heavy (non-hydrogen) atoms. The van der Waals surface area contributed by atoms with Gasteiger partial charge in [0.2, 0.25) is 0 Å². The molecule has 6 nitrogen and oxygen atoms in total. The number of carbonyl (C=O) groups excluding carboxylic acids is 2. The summed E-state index contributed by atoms with van der Waals surface area (Å²) in [5.74, 6) is 0. The van der Waals surface area contributed by atoms with Crippen molar-refractivity contribution in [2.24, 2.45) is 5.73 Å². The van der Waals surface area contributed by atoms with Gasteiger partial charge in [0.15, 0.2) is 0 Å². The molecule has 0 fully saturated rings. The van der Waals surface area contributed by atoms with Crippen LogP contribution in [-0.2, 0) is 11.2 Å². The summed E-state index contributed by atoms with van der Waals surface area (Å²) in [5, 5.41) is 1.08. The number of ether oxygens (including phenoxy) is 1. The van der Waals surface area contributed by atoms with E-state index in [0.717, 1.165) is 5.56 Å². The number of benzene rings is 1. The van der Waals surface area contributed by atoms with E-state index < -0.39 is 12.1 Å². The molecule has 1 rings (SSSR count). The summed E-state index contributed by atoms with van der Waals surface area (Å²) >= 11 is 11.8. The van der Waals surface area contributed by atoms with Gasteiger partial charge in [0.1, 0.15) is 12.6 Å². The molecule has 0 bridgehead atoms. The third kappa shape index (κ3) is 6.39. The van der Waals surface area contributed by atoms with E-state index in [1.54, 1.807) is 18.2 Å². The second-order valence-electron chi connectivity index (χ2n) is 4.28. The van der Waals surface area contributed by atoms with Crippen LogP contribution in [0.15, 0.2) is 18.2 Å². The van der Waals surface area contributed by atoms with E-state index >= 15 is 0 Å². The van der Waals surface area contributed by atoms with E-state index in [-0.39, 0.29) is 25.1 Å². The van der Waals surface area contributed by atoms with Crippen LogP contribution in [0.2, 0.25) is 10.0 Å². The smallest absolute Gasteiger partial charge is 0.417 e. The number of halogens is 3. The highest BCUT2D eigenvalue weighted by Gasteiger charge is 2.18. The average Bonchev–Trinajstić information content (AvgIpc) is 2.38. The number of carbonyl (C=O) groups is 2. The predicted octanol–water partition coefficient (Wildman–Crippen LogP) is -1.70. The maximum absolute atomic E-state index is 11.4. The number of urea groups is 1. The zero-order valence-corrected chi connectivity index (χ0v) is 13.6. The molecule has 0 aromatic heterocycles. The Morgan fingerprint density at radius 2 is 2.05 bits per heavy atom. The summed E-state index contributed by atoms with van der Waals surface area (Å²) in [5.41, 5.74) is 9.67. The largest absolute Gasteiger partial charge is 1.00 e. The Morgan fingerprint density at radius 1 is 1.43 bits per heavy atom. The van der Waals surface area contributed by atoms with E-state index in [0.29, 0.717) is 21.4 Å². The van der Waals surface area contributed by atoms with Crippen LogP contribution >= 0.6 is 23.2 Å². The van der Waals surface area contributed by atoms with Crippen molar-refractivity contribution >= 4 is 35.3 Å². The number of imide groups is 1. The molecule has 0 aliphatic carbocycles. The molecule has 0 aliphatic rings. The van der Waals surface area contributed by atoms with Crippen LogP contribution in [0.25, 0.3) is 0 Å². The Labute approximate surface area is 138 Å². The normalized spacial score (nSPS) is 11.2. The summed E-state index contributed by atoms with van der Waals surface area (Å²) in [4.78, 5) is 22.8. The summed E-state index contributed by atoms with van der Waals surface area (Å²) < 4.78 is 4.92. The summed E-state index contributed by atoms with van der Waals surface area (Å²) in [6.07, 6.45) is -0.294. The van der Waals surface area contributed by atoms with Crippen molar-refractivity contribution in [2.45, 2.75) is 12.5 Å². The Balaban J connectivity index is 0.00000400. The summed E-state index contributed by atoms with van der Waals surface area (Å²) in [6.45, 7) is 0.0510. The van der Waals surface area contributed by atoms with Crippen molar-refractivity contribution in [3.05, 3.63) is 33.8 Å². The number of quaternary nitrogens is 1. The van der Waals surface area contributed by atoms with Crippen LogP contribution in [-0.4, -0.2) is 36.7 Å². The first-order valence-electron chi connectivity index (χ1n) is 5.78. The second kappa shape index (κ2) is 8.94. The third-order valence-corrected chi connectivity index (χ3v) is 3.16. The lowest BCUT2D eigenvalue weighted by Gasteiger charge is -2.14. The molecule has 0 spiro atoms. The first-order valence-corrected chi connectivity index (χ1v) is 6.53. The van der Waals surface area contributed by atoms with Crippen LogP contribution in [0.3, 0.4) is 0 Å². The van der Waals surface area contributed by atoms with E-state index in [1.165, 1.54) is 7.05 Å². The van der Waals surface area contributed by atoms with Gasteiger partial charge in [0.05, 0.1) is 0 Å². The van der Waals surface area contributed by atoms with E-state index in [4.69, 9.17) is 33.7 Å². The van der Waals surface area contributed by atoms with Crippen LogP contribution in [0.1, 0.15) is 5.56 Å². The molecular formula is C12H16Cl3N3O3. The van der Waals surface area contributed by atoms with Crippen LogP contribution in [0, 0.1) is 0 Å². The van der Waals surface area contributed by atoms with E-state index in [1.807, 2.05) is 0 Å². The summed E-state index contributed by atoms with van der Waals surface area (Å²) in [7, 11) is 1.23. The van der Waals surface area contributed by atoms with E-state index in [2.05, 4.69) is 5.73 Å². The van der Waals surface area contributed by atoms with Gasteiger partial charge in [-0.15, -0.1) is 0 Å². The minimum Gasteiger partial charge on any atom is -1.00 e. The molecule has 0 saturated carbocycles. The van der Waals surface area contributed by atoms with Gasteiger partial charge < -0.3 is 28.6 Å². The van der Waals surface area contributed by atoms with E-state index in [9.17, 15) is 9.59 Å². The second-order valence-corrected chi connectivity index (χ2v) is 5.12. The molecule has 0 heterocycles. The molecular weight excluding hydrogens is 341 g/mol. The lowest BCUT2D eigenvalue weighted by molar-refractivity contribution is -0.424. The number of nitrogens with two attached hydrogens (primary N) is 1. The average molecular weight is 357 g/mol. The number of amides is 3. The number of primary amides is 1. The van der Waals surface area contributed by atoms with Crippen LogP contribution in [0.4, 0.5) is 9.59 Å². The van der Waals surface area contributed by atoms with Crippen molar-refractivity contribution in [1.82, 2.24) is 4.90 Å². The Hall–Kier alpha value is -1.21. The monoisotopic (exact) mass is 355 g/mol. The van der Waals surface area contributed by atoms with Crippen LogP contribution in [0.5, 0.6) is 0 Å². The molecule has 5 N–H and O–H groups in total. The fourth-order valence-corrected chi connectivity index (χ4v) is 1.92. The first kappa shape index (κ1) is 19.8. The van der Waals surface area contributed by atoms with Gasteiger partial charge in [-0.2, -0.15) is 0 Å². The molecule has 3 amide bonds. The molecule has 0 aliphatic heterocycles. The molecule has 9 heteroatoms. The van der Waals surface area contributed by atoms with Crippen molar-refractivity contribution < 1.29 is 32.5 Å². The standard InChI is InChI=1S/C12H15Cl2N3O3.ClH/c1-17(11(16)18)12(19)20-6-9(15)4-7-2-3-8(13)5-10(7)14;/h2-3,5,9H,4,6,15H2,1H3,(H2,16,18);1H/t9-;/m1./s1. The highest BCUT2D eigenvalue weighted by molar-refractivity contribution is 6.35. The molecule has 0 radical (unpaired) electrons. The van der Waals surface area contributed by atoms with Crippen LogP contribution < -0.4 is 23.9 Å². The summed E-state index contributed by atoms with van der Waals surface area (Å²) in [6, 6.07) is 4.07. The Morgan fingerprint density at radius 3 is 2.57 bits per heavy atom. The lowest BCUT2D eigenvalue weighted by Crippen LogP contribution is -3.00. The van der Waals surface area contributed by atoms with Gasteiger partial charge in [-0.05, 0) is 17.7 Å². The Kier molecular flexibility index (Phi) is 8.43. The van der Waals surface area contributed by atoms with Gasteiger partial charge in [0, 0.05) is 23.5 Å². The minimum absolute atomic E-state index is 0. The molecule has 118 valence electrons. The van der Waals surface area contributed by atoms with Gasteiger partial charge in [-0.3, -0.25) is 0 Å². The SMILES string of the molecule is CN(C(N)=O)C(=O)OC[C@H]([NH3+])Cc1ccc(Cl)cc1Cl.[Cl-]. The van der Waals surface area contributed by atoms with Gasteiger partial charge in [-0.1, -0.05) is 29.3 Å². The fraction of sp³-hybridized carbons (Fsp3) is 0.333. The number of rotatable bonds is 4. The number of hydrogen-bond acceptors (Lipinski definition) is 3. The number of nitrogens with zero attached hydrogens (tertiary/aromatic N) is 1. The highest BCUT2D eigenvalue weighted by Crippen LogP contribution is 2.21. The topological polar surface area (TPSA) is 100 Å². The van der Waals surface area contributed by atoms with Gasteiger partial charge in [-0.25, -0.2) is 14.5 Å². The van der Waals surface area contributed by atoms with Crippen molar-refractivity contribution in [2.75, 3.05) is 13.7 Å². The fourth-order valence-electron chi connectivity index (χ4n) is 1.43. The molecule has 0 saturated heterocycles. The van der Waals surface area contributed by atoms with Crippen molar-refractivity contribution in [1.29, 1.82) is 0 Å². The molecule has 1 aromatic carbocycles. The zero-order chi connectivity index (χ0) is 15.3. The molecule has 1 atom stereocenters. The maximum atomic E-state index is 11.4. The predicted molar refractivity (Wildman–Crippen MR) is 75.5 cm³/mol. The maximum Gasteiger partial charge on any atom is 0.417 e. The first-order chi connectivity index (χ1) is 9.31. The van der Waals surface area contributed by atoms with Gasteiger partial charge >= 0.3 is 12.1 Å². The lowest BCUT2D eigenvalue weighted by atomic mass is 10.1. The number of hydrogen-bond donors (Lipinski definition) is 2. The van der Waals surface area contributed by atoms with Crippen molar-refractivity contribution in [3.8, 4) is 0 Å².